The number of carbonyl (C=O) groups is 1. The number of nitrogens with zero attached hydrogens (tertiary/aromatic N) is 1. The standard InChI is InChI=1S/C17H17IN2O2/c1-2-22-15-9-7-13(8-10-15)11-17(21)20-19-12-14-5-3-4-6-16(14)18/h3-10,12H,2,11H2,1H3,(H,20,21)/b19-12+. The van der Waals surface area contributed by atoms with Gasteiger partial charge in [0.1, 0.15) is 5.75 Å². The summed E-state index contributed by atoms with van der Waals surface area (Å²) in [5.41, 5.74) is 4.44. The first kappa shape index (κ1) is 16.5. The van der Waals surface area contributed by atoms with E-state index in [9.17, 15) is 4.79 Å². The lowest BCUT2D eigenvalue weighted by molar-refractivity contribution is -0.120. The molecule has 0 heterocycles. The maximum Gasteiger partial charge on any atom is 0.244 e. The van der Waals surface area contributed by atoms with Crippen molar-refractivity contribution in [1.82, 2.24) is 5.43 Å². The van der Waals surface area contributed by atoms with Gasteiger partial charge in [0.15, 0.2) is 0 Å². The summed E-state index contributed by atoms with van der Waals surface area (Å²) < 4.78 is 6.45. The summed E-state index contributed by atoms with van der Waals surface area (Å²) in [7, 11) is 0. The summed E-state index contributed by atoms with van der Waals surface area (Å²) in [6.07, 6.45) is 1.94. The Balaban J connectivity index is 1.86. The van der Waals surface area contributed by atoms with Gasteiger partial charge < -0.3 is 4.74 Å². The highest BCUT2D eigenvalue weighted by Gasteiger charge is 2.02. The molecule has 0 unspecified atom stereocenters. The fourth-order valence-electron chi connectivity index (χ4n) is 1.85. The van der Waals surface area contributed by atoms with Crippen molar-refractivity contribution in [3.05, 3.63) is 63.2 Å². The van der Waals surface area contributed by atoms with E-state index < -0.39 is 0 Å². The second-order valence-corrected chi connectivity index (χ2v) is 5.73. The van der Waals surface area contributed by atoms with E-state index >= 15 is 0 Å². The molecule has 0 saturated carbocycles. The third kappa shape index (κ3) is 5.14. The maximum absolute atomic E-state index is 11.8. The van der Waals surface area contributed by atoms with Gasteiger partial charge in [0, 0.05) is 9.13 Å². The van der Waals surface area contributed by atoms with Gasteiger partial charge in [-0.25, -0.2) is 5.43 Å². The molecule has 1 N–H and O–H groups in total. The van der Waals surface area contributed by atoms with E-state index in [1.807, 2.05) is 55.5 Å². The first-order valence-corrected chi connectivity index (χ1v) is 8.05. The van der Waals surface area contributed by atoms with Crippen molar-refractivity contribution in [2.45, 2.75) is 13.3 Å². The molecule has 0 aliphatic rings. The number of benzene rings is 2. The normalized spacial score (nSPS) is 10.6. The van der Waals surface area contributed by atoms with Gasteiger partial charge >= 0.3 is 0 Å². The van der Waals surface area contributed by atoms with Crippen molar-refractivity contribution < 1.29 is 9.53 Å². The van der Waals surface area contributed by atoms with Gasteiger partial charge in [0.05, 0.1) is 19.2 Å². The van der Waals surface area contributed by atoms with Crippen LogP contribution in [0.3, 0.4) is 0 Å². The highest BCUT2D eigenvalue weighted by atomic mass is 127. The summed E-state index contributed by atoms with van der Waals surface area (Å²) in [5, 5.41) is 3.99. The molecule has 5 heteroatoms. The van der Waals surface area contributed by atoms with Gasteiger partial charge in [-0.2, -0.15) is 5.10 Å². The molecule has 22 heavy (non-hydrogen) atoms. The van der Waals surface area contributed by atoms with Crippen LogP contribution in [0, 0.1) is 3.57 Å². The second kappa shape index (κ2) is 8.53. The SMILES string of the molecule is CCOc1ccc(CC(=O)N/N=C/c2ccccc2I)cc1. The van der Waals surface area contributed by atoms with E-state index in [1.54, 1.807) is 6.21 Å². The lowest BCUT2D eigenvalue weighted by Crippen LogP contribution is -2.19. The Morgan fingerprint density at radius 1 is 1.23 bits per heavy atom. The number of carbonyl (C=O) groups excluding carboxylic acids is 1. The van der Waals surface area contributed by atoms with Crippen molar-refractivity contribution in [3.8, 4) is 5.75 Å². The van der Waals surface area contributed by atoms with E-state index in [0.29, 0.717) is 6.61 Å². The Labute approximate surface area is 143 Å². The molecule has 0 saturated heterocycles. The minimum Gasteiger partial charge on any atom is -0.494 e. The fraction of sp³-hybridized carbons (Fsp3) is 0.176. The van der Waals surface area contributed by atoms with E-state index in [4.69, 9.17) is 4.74 Å². The third-order valence-corrected chi connectivity index (χ3v) is 3.88. The molecular weight excluding hydrogens is 391 g/mol. The number of hydrogen-bond acceptors (Lipinski definition) is 3. The predicted octanol–water partition coefficient (Wildman–Crippen LogP) is 3.38. The number of ether oxygens (including phenoxy) is 1. The molecule has 2 aromatic carbocycles. The summed E-state index contributed by atoms with van der Waals surface area (Å²) in [4.78, 5) is 11.8. The molecule has 0 radical (unpaired) electrons. The number of amides is 1. The average Bonchev–Trinajstić information content (AvgIpc) is 2.51. The van der Waals surface area contributed by atoms with Crippen LogP contribution in [0.15, 0.2) is 53.6 Å². The minimum absolute atomic E-state index is 0.147. The summed E-state index contributed by atoms with van der Waals surface area (Å²) in [6.45, 7) is 2.57. The van der Waals surface area contributed by atoms with E-state index in [2.05, 4.69) is 33.1 Å². The summed E-state index contributed by atoms with van der Waals surface area (Å²) in [5.74, 6) is 0.662. The molecule has 0 bridgehead atoms. The molecule has 0 spiro atoms. The lowest BCUT2D eigenvalue weighted by Gasteiger charge is -2.04. The van der Waals surface area contributed by atoms with Crippen LogP contribution >= 0.6 is 22.6 Å². The topological polar surface area (TPSA) is 50.7 Å². The highest BCUT2D eigenvalue weighted by molar-refractivity contribution is 14.1. The first-order chi connectivity index (χ1) is 10.7. The van der Waals surface area contributed by atoms with Gasteiger partial charge in [0.25, 0.3) is 0 Å². The van der Waals surface area contributed by atoms with Crippen molar-refractivity contribution in [1.29, 1.82) is 0 Å². The highest BCUT2D eigenvalue weighted by Crippen LogP contribution is 2.12. The monoisotopic (exact) mass is 408 g/mol. The van der Waals surface area contributed by atoms with Gasteiger partial charge in [-0.1, -0.05) is 30.3 Å². The first-order valence-electron chi connectivity index (χ1n) is 6.97. The van der Waals surface area contributed by atoms with Crippen molar-refractivity contribution in [2.24, 2.45) is 5.10 Å². The molecule has 0 aliphatic carbocycles. The molecule has 1 amide bonds. The van der Waals surface area contributed by atoms with Gasteiger partial charge in [0.2, 0.25) is 5.91 Å². The predicted molar refractivity (Wildman–Crippen MR) is 96.2 cm³/mol. The molecule has 0 fully saturated rings. The Bertz CT molecular complexity index is 654. The summed E-state index contributed by atoms with van der Waals surface area (Å²) >= 11 is 2.23. The van der Waals surface area contributed by atoms with Crippen LogP contribution in [0.5, 0.6) is 5.75 Å². The van der Waals surface area contributed by atoms with Crippen LogP contribution in [-0.4, -0.2) is 18.7 Å². The largest absolute Gasteiger partial charge is 0.494 e. The number of nitrogens with one attached hydrogen (secondary N) is 1. The number of hydrogen-bond donors (Lipinski definition) is 1. The zero-order valence-electron chi connectivity index (χ0n) is 12.3. The molecule has 0 atom stereocenters. The van der Waals surface area contributed by atoms with Gasteiger partial charge in [-0.15, -0.1) is 0 Å². The molecule has 114 valence electrons. The number of halogens is 1. The van der Waals surface area contributed by atoms with E-state index in [1.165, 1.54) is 0 Å². The van der Waals surface area contributed by atoms with Crippen LogP contribution < -0.4 is 10.2 Å². The number of rotatable bonds is 6. The van der Waals surface area contributed by atoms with Crippen LogP contribution in [0.2, 0.25) is 0 Å². The second-order valence-electron chi connectivity index (χ2n) is 4.57. The van der Waals surface area contributed by atoms with Crippen LogP contribution in [-0.2, 0) is 11.2 Å². The minimum atomic E-state index is -0.147. The average molecular weight is 408 g/mol. The van der Waals surface area contributed by atoms with Gasteiger partial charge in [-0.05, 0) is 53.3 Å². The van der Waals surface area contributed by atoms with Crippen LogP contribution in [0.1, 0.15) is 18.1 Å². The quantitative estimate of drug-likeness (QED) is 0.453. The van der Waals surface area contributed by atoms with Crippen molar-refractivity contribution >= 4 is 34.7 Å². The zero-order chi connectivity index (χ0) is 15.8. The van der Waals surface area contributed by atoms with E-state index in [0.717, 1.165) is 20.4 Å². The summed E-state index contributed by atoms with van der Waals surface area (Å²) in [6, 6.07) is 15.3. The lowest BCUT2D eigenvalue weighted by atomic mass is 10.1. The smallest absolute Gasteiger partial charge is 0.244 e. The van der Waals surface area contributed by atoms with Crippen LogP contribution in [0.25, 0.3) is 0 Å². The Morgan fingerprint density at radius 3 is 2.64 bits per heavy atom. The van der Waals surface area contributed by atoms with Crippen molar-refractivity contribution in [2.75, 3.05) is 6.61 Å². The molecule has 4 nitrogen and oxygen atoms in total. The fourth-order valence-corrected chi connectivity index (χ4v) is 2.38. The van der Waals surface area contributed by atoms with E-state index in [-0.39, 0.29) is 12.3 Å². The van der Waals surface area contributed by atoms with Gasteiger partial charge in [-0.3, -0.25) is 4.79 Å². The molecule has 0 aromatic heterocycles. The molecular formula is C17H17IN2O2. The maximum atomic E-state index is 11.8. The van der Waals surface area contributed by atoms with Crippen molar-refractivity contribution in [3.63, 3.8) is 0 Å². The Morgan fingerprint density at radius 2 is 1.95 bits per heavy atom. The third-order valence-electron chi connectivity index (χ3n) is 2.90. The van der Waals surface area contributed by atoms with Crippen LogP contribution in [0.4, 0.5) is 0 Å². The molecule has 0 aliphatic heterocycles. The Hall–Kier alpha value is -1.89. The zero-order valence-corrected chi connectivity index (χ0v) is 14.4. The number of hydrazone groups is 1. The Kier molecular flexibility index (Phi) is 6.39. The molecule has 2 aromatic rings. The molecule has 2 rings (SSSR count).